The van der Waals surface area contributed by atoms with E-state index in [-0.39, 0.29) is 17.9 Å². The van der Waals surface area contributed by atoms with Crippen molar-refractivity contribution < 1.29 is 23.9 Å². The van der Waals surface area contributed by atoms with Gasteiger partial charge < -0.3 is 19.6 Å². The number of halogens is 2. The molecule has 3 rings (SSSR count). The van der Waals surface area contributed by atoms with Crippen LogP contribution in [-0.4, -0.2) is 49.5 Å². The Labute approximate surface area is 167 Å². The third-order valence-electron chi connectivity index (χ3n) is 4.74. The Kier molecular flexibility index (Phi) is 5.95. The highest BCUT2D eigenvalue weighted by atomic mass is 35.5. The molecule has 1 amide bonds. The number of carbonyl (C=O) groups is 2. The summed E-state index contributed by atoms with van der Waals surface area (Å²) in [7, 11) is 1.59. The monoisotopic (exact) mass is 414 g/mol. The van der Waals surface area contributed by atoms with E-state index in [9.17, 15) is 9.59 Å². The van der Waals surface area contributed by atoms with Gasteiger partial charge in [-0.25, -0.2) is 4.79 Å². The Morgan fingerprint density at radius 3 is 2.44 bits per heavy atom. The molecule has 9 heteroatoms. The van der Waals surface area contributed by atoms with Gasteiger partial charge in [0.2, 0.25) is 0 Å². The number of piperidine rings is 1. The fraction of sp³-hybridized carbons (Fsp3) is 0.444. The molecule has 2 heterocycles. The number of nitrogens with one attached hydrogen (secondary N) is 1. The predicted octanol–water partition coefficient (Wildman–Crippen LogP) is 3.40. The molecule has 0 unspecified atom stereocenters. The van der Waals surface area contributed by atoms with E-state index in [4.69, 9.17) is 37.5 Å². The molecule has 7 nitrogen and oxygen atoms in total. The molecule has 1 fully saturated rings. The number of nitrogens with zero attached hydrogens (tertiary/aromatic N) is 1. The van der Waals surface area contributed by atoms with Crippen LogP contribution in [0.2, 0.25) is 10.0 Å². The van der Waals surface area contributed by atoms with E-state index >= 15 is 0 Å². The summed E-state index contributed by atoms with van der Waals surface area (Å²) in [5, 5.41) is 5.34. The van der Waals surface area contributed by atoms with Crippen molar-refractivity contribution in [3.05, 3.63) is 39.6 Å². The van der Waals surface area contributed by atoms with Crippen molar-refractivity contribution in [2.24, 2.45) is 0 Å². The highest BCUT2D eigenvalue weighted by Crippen LogP contribution is 2.44. The molecular formula is C18H20Cl2N2O5. The van der Waals surface area contributed by atoms with Crippen molar-refractivity contribution in [1.29, 1.82) is 0 Å². The summed E-state index contributed by atoms with van der Waals surface area (Å²) in [6.45, 7) is 2.93. The number of rotatable bonds is 4. The predicted molar refractivity (Wildman–Crippen MR) is 100 cm³/mol. The average molecular weight is 415 g/mol. The Morgan fingerprint density at radius 1 is 1.26 bits per heavy atom. The summed E-state index contributed by atoms with van der Waals surface area (Å²) in [4.78, 5) is 30.2. The van der Waals surface area contributed by atoms with Crippen molar-refractivity contribution in [2.45, 2.75) is 25.3 Å². The number of hydrogen-bond acceptors (Lipinski definition) is 6. The topological polar surface area (TPSA) is 77.1 Å². The van der Waals surface area contributed by atoms with Gasteiger partial charge in [0.1, 0.15) is 5.54 Å². The molecule has 1 aromatic carbocycles. The van der Waals surface area contributed by atoms with E-state index in [1.165, 1.54) is 0 Å². The van der Waals surface area contributed by atoms with Gasteiger partial charge in [-0.1, -0.05) is 29.3 Å². The summed E-state index contributed by atoms with van der Waals surface area (Å²) >= 11 is 12.6. The van der Waals surface area contributed by atoms with Gasteiger partial charge in [0.05, 0.1) is 29.3 Å². The molecule has 0 radical (unpaired) electrons. The van der Waals surface area contributed by atoms with Gasteiger partial charge in [-0.05, 0) is 31.9 Å². The quantitative estimate of drug-likeness (QED) is 0.760. The third kappa shape index (κ3) is 3.78. The summed E-state index contributed by atoms with van der Waals surface area (Å²) in [6.07, 6.45) is 0.109. The van der Waals surface area contributed by atoms with Gasteiger partial charge in [-0.15, -0.1) is 0 Å². The number of amides is 1. The lowest BCUT2D eigenvalue weighted by molar-refractivity contribution is -0.152. The van der Waals surface area contributed by atoms with Crippen molar-refractivity contribution >= 4 is 40.8 Å². The SMILES string of the molecule is CCOC(=O)OC1=C(c2c(Cl)cccc2Cl)C(=O)NC12CCN(OC)CC2. The molecule has 0 aliphatic carbocycles. The fourth-order valence-corrected chi connectivity index (χ4v) is 4.01. The van der Waals surface area contributed by atoms with Crippen LogP contribution in [0.4, 0.5) is 4.79 Å². The number of hydroxylamine groups is 2. The Morgan fingerprint density at radius 2 is 1.89 bits per heavy atom. The first-order chi connectivity index (χ1) is 12.9. The average Bonchev–Trinajstić information content (AvgIpc) is 2.88. The second-order valence-electron chi connectivity index (χ2n) is 6.23. The summed E-state index contributed by atoms with van der Waals surface area (Å²) in [5.74, 6) is -0.202. The van der Waals surface area contributed by atoms with Crippen molar-refractivity contribution in [3.8, 4) is 0 Å². The summed E-state index contributed by atoms with van der Waals surface area (Å²) < 4.78 is 10.4. The first-order valence-electron chi connectivity index (χ1n) is 8.57. The van der Waals surface area contributed by atoms with Gasteiger partial charge >= 0.3 is 6.16 Å². The van der Waals surface area contributed by atoms with Gasteiger partial charge in [0.25, 0.3) is 5.91 Å². The van der Waals surface area contributed by atoms with E-state index in [0.717, 1.165) is 0 Å². The number of carbonyl (C=O) groups excluding carboxylic acids is 2. The van der Waals surface area contributed by atoms with E-state index in [2.05, 4.69) is 5.32 Å². The van der Waals surface area contributed by atoms with Gasteiger partial charge in [0, 0.05) is 18.7 Å². The minimum atomic E-state index is -0.877. The molecule has 2 aliphatic heterocycles. The van der Waals surface area contributed by atoms with E-state index in [0.29, 0.717) is 41.5 Å². The minimum absolute atomic E-state index is 0.153. The molecule has 0 atom stereocenters. The van der Waals surface area contributed by atoms with Crippen LogP contribution >= 0.6 is 23.2 Å². The van der Waals surface area contributed by atoms with Crippen LogP contribution in [0.15, 0.2) is 24.0 Å². The van der Waals surface area contributed by atoms with Crippen LogP contribution in [0.3, 0.4) is 0 Å². The third-order valence-corrected chi connectivity index (χ3v) is 5.37. The molecule has 0 bridgehead atoms. The zero-order valence-electron chi connectivity index (χ0n) is 15.0. The summed E-state index contributed by atoms with van der Waals surface area (Å²) in [5.41, 5.74) is -0.357. The second kappa shape index (κ2) is 8.06. The van der Waals surface area contributed by atoms with Crippen LogP contribution in [0.25, 0.3) is 5.57 Å². The standard InChI is InChI=1S/C18H20Cl2N2O5/c1-3-26-17(24)27-15-14(13-11(19)5-4-6-12(13)20)16(23)21-18(15)7-9-22(25-2)10-8-18/h4-6H,3,7-10H2,1-2H3,(H,21,23). The lowest BCUT2D eigenvalue weighted by Gasteiger charge is -2.38. The lowest BCUT2D eigenvalue weighted by atomic mass is 9.86. The smallest absolute Gasteiger partial charge is 0.434 e. The lowest BCUT2D eigenvalue weighted by Crippen LogP contribution is -2.53. The van der Waals surface area contributed by atoms with E-state index in [1.807, 2.05) is 0 Å². The Balaban J connectivity index is 2.10. The van der Waals surface area contributed by atoms with E-state index in [1.54, 1.807) is 37.3 Å². The molecule has 1 spiro atoms. The Hall–Kier alpha value is -1.80. The molecule has 146 valence electrons. The van der Waals surface area contributed by atoms with Crippen LogP contribution in [0, 0.1) is 0 Å². The molecule has 0 saturated carbocycles. The van der Waals surface area contributed by atoms with Crippen molar-refractivity contribution in [2.75, 3.05) is 26.8 Å². The van der Waals surface area contributed by atoms with E-state index < -0.39 is 17.6 Å². The molecular weight excluding hydrogens is 395 g/mol. The maximum absolute atomic E-state index is 12.9. The largest absolute Gasteiger partial charge is 0.513 e. The minimum Gasteiger partial charge on any atom is -0.434 e. The normalized spacial score (nSPS) is 19.3. The van der Waals surface area contributed by atoms with Crippen LogP contribution in [0.1, 0.15) is 25.3 Å². The highest BCUT2D eigenvalue weighted by molar-refractivity contribution is 6.41. The number of hydrogen-bond donors (Lipinski definition) is 1. The maximum atomic E-state index is 12.9. The van der Waals surface area contributed by atoms with Gasteiger partial charge in [-0.2, -0.15) is 5.06 Å². The first-order valence-corrected chi connectivity index (χ1v) is 9.32. The van der Waals surface area contributed by atoms with Crippen molar-refractivity contribution in [3.63, 3.8) is 0 Å². The zero-order chi connectivity index (χ0) is 19.6. The Bertz CT molecular complexity index is 768. The zero-order valence-corrected chi connectivity index (χ0v) is 16.5. The number of ether oxygens (including phenoxy) is 2. The first kappa shape index (κ1) is 19.9. The summed E-state index contributed by atoms with van der Waals surface area (Å²) in [6, 6.07) is 4.94. The van der Waals surface area contributed by atoms with Gasteiger partial charge in [-0.3, -0.25) is 4.79 Å². The second-order valence-corrected chi connectivity index (χ2v) is 7.05. The molecule has 27 heavy (non-hydrogen) atoms. The highest BCUT2D eigenvalue weighted by Gasteiger charge is 2.50. The molecule has 2 aliphatic rings. The molecule has 1 aromatic rings. The number of benzene rings is 1. The molecule has 0 aromatic heterocycles. The molecule has 1 N–H and O–H groups in total. The van der Waals surface area contributed by atoms with Crippen LogP contribution in [-0.2, 0) is 19.1 Å². The fourth-order valence-electron chi connectivity index (χ4n) is 3.42. The van der Waals surface area contributed by atoms with Crippen LogP contribution in [0.5, 0.6) is 0 Å². The van der Waals surface area contributed by atoms with Crippen molar-refractivity contribution in [1.82, 2.24) is 10.4 Å². The maximum Gasteiger partial charge on any atom is 0.513 e. The van der Waals surface area contributed by atoms with Crippen LogP contribution < -0.4 is 5.32 Å². The van der Waals surface area contributed by atoms with Gasteiger partial charge in [0.15, 0.2) is 5.76 Å². The molecule has 1 saturated heterocycles.